The molecule has 4 heteroatoms. The van der Waals surface area contributed by atoms with E-state index in [1.54, 1.807) is 0 Å². The molecular weight excluding hydrogens is 190 g/mol. The van der Waals surface area contributed by atoms with Crippen molar-refractivity contribution in [3.05, 3.63) is 0 Å². The maximum Gasteiger partial charge on any atom is 0.149 e. The smallest absolute Gasteiger partial charge is 0.149 e. The van der Waals surface area contributed by atoms with Gasteiger partial charge in [0.05, 0.1) is 0 Å². The normalized spacial score (nSPS) is 43.9. The van der Waals surface area contributed by atoms with Gasteiger partial charge in [0.2, 0.25) is 0 Å². The molecule has 0 heterocycles. The first kappa shape index (κ1) is 9.56. The van der Waals surface area contributed by atoms with Crippen LogP contribution in [0.25, 0.3) is 0 Å². The van der Waals surface area contributed by atoms with E-state index >= 15 is 0 Å². The Labute approximate surface area is 75.5 Å². The van der Waals surface area contributed by atoms with Gasteiger partial charge >= 0.3 is 0 Å². The van der Waals surface area contributed by atoms with Crippen molar-refractivity contribution >= 4 is 23.2 Å². The van der Waals surface area contributed by atoms with Gasteiger partial charge in [-0.3, -0.25) is 0 Å². The van der Waals surface area contributed by atoms with Crippen LogP contribution in [0.4, 0.5) is 4.39 Å². The van der Waals surface area contributed by atoms with Crippen molar-refractivity contribution in [3.8, 4) is 0 Å². The standard InChI is InChI=1S/C7H11Cl2FO/c1-6(11)5(10)3-2-4-7(6,8)9/h5,11H,2-4H2,1H3. The third-order valence-electron chi connectivity index (χ3n) is 2.30. The number of hydrogen-bond acceptors (Lipinski definition) is 1. The lowest BCUT2D eigenvalue weighted by Gasteiger charge is -2.41. The number of aliphatic hydroxyl groups is 1. The molecule has 1 N–H and O–H groups in total. The number of hydrogen-bond donors (Lipinski definition) is 1. The first-order valence-electron chi connectivity index (χ1n) is 3.62. The zero-order valence-corrected chi connectivity index (χ0v) is 7.79. The highest BCUT2D eigenvalue weighted by molar-refractivity contribution is 6.49. The van der Waals surface area contributed by atoms with Crippen LogP contribution in [0.15, 0.2) is 0 Å². The van der Waals surface area contributed by atoms with Crippen molar-refractivity contribution < 1.29 is 9.50 Å². The van der Waals surface area contributed by atoms with Gasteiger partial charge in [0.25, 0.3) is 0 Å². The number of rotatable bonds is 0. The van der Waals surface area contributed by atoms with E-state index in [1.807, 2.05) is 0 Å². The van der Waals surface area contributed by atoms with Crippen LogP contribution in [0.3, 0.4) is 0 Å². The molecule has 0 aromatic heterocycles. The van der Waals surface area contributed by atoms with E-state index < -0.39 is 16.1 Å². The Morgan fingerprint density at radius 1 is 1.55 bits per heavy atom. The zero-order valence-electron chi connectivity index (χ0n) is 6.28. The van der Waals surface area contributed by atoms with Crippen LogP contribution in [0.2, 0.25) is 0 Å². The van der Waals surface area contributed by atoms with Crippen LogP contribution in [0.1, 0.15) is 26.2 Å². The molecule has 2 atom stereocenters. The van der Waals surface area contributed by atoms with Crippen LogP contribution < -0.4 is 0 Å². The molecule has 0 aliphatic heterocycles. The van der Waals surface area contributed by atoms with E-state index in [-0.39, 0.29) is 0 Å². The average molecular weight is 201 g/mol. The van der Waals surface area contributed by atoms with Crippen molar-refractivity contribution in [3.63, 3.8) is 0 Å². The Morgan fingerprint density at radius 2 is 2.09 bits per heavy atom. The molecule has 0 amide bonds. The quantitative estimate of drug-likeness (QED) is 0.596. The fourth-order valence-electron chi connectivity index (χ4n) is 1.27. The summed E-state index contributed by atoms with van der Waals surface area (Å²) in [6.45, 7) is 1.34. The van der Waals surface area contributed by atoms with Gasteiger partial charge < -0.3 is 5.11 Å². The highest BCUT2D eigenvalue weighted by Crippen LogP contribution is 2.46. The molecule has 0 radical (unpaired) electrons. The molecule has 1 aliphatic rings. The summed E-state index contributed by atoms with van der Waals surface area (Å²) in [6.07, 6.45) is 0.105. The SMILES string of the molecule is CC1(O)C(F)CCCC1(Cl)Cl. The molecule has 0 bridgehead atoms. The molecule has 66 valence electrons. The molecule has 0 saturated heterocycles. The zero-order chi connectivity index (χ0) is 8.70. The van der Waals surface area contributed by atoms with Gasteiger partial charge in [-0.1, -0.05) is 23.2 Å². The lowest BCUT2D eigenvalue weighted by molar-refractivity contribution is -0.0549. The predicted octanol–water partition coefficient (Wildman–Crippen LogP) is 2.43. The van der Waals surface area contributed by atoms with Crippen LogP contribution in [-0.4, -0.2) is 21.2 Å². The fraction of sp³-hybridized carbons (Fsp3) is 1.00. The summed E-state index contributed by atoms with van der Waals surface area (Å²) in [5.74, 6) is 0. The first-order valence-corrected chi connectivity index (χ1v) is 4.38. The maximum absolute atomic E-state index is 13.0. The second kappa shape index (κ2) is 2.75. The lowest BCUT2D eigenvalue weighted by Crippen LogP contribution is -2.53. The van der Waals surface area contributed by atoms with Crippen molar-refractivity contribution in [2.45, 2.75) is 42.3 Å². The van der Waals surface area contributed by atoms with Gasteiger partial charge in [-0.25, -0.2) is 4.39 Å². The van der Waals surface area contributed by atoms with Gasteiger partial charge in [-0.05, 0) is 26.2 Å². The second-order valence-electron chi connectivity index (χ2n) is 3.21. The average Bonchev–Trinajstić information content (AvgIpc) is 1.84. The third-order valence-corrected chi connectivity index (χ3v) is 3.44. The molecule has 2 unspecified atom stereocenters. The summed E-state index contributed by atoms with van der Waals surface area (Å²) in [5, 5.41) is 9.53. The van der Waals surface area contributed by atoms with E-state index in [2.05, 4.69) is 0 Å². The number of alkyl halides is 3. The Balaban J connectivity index is 2.82. The van der Waals surface area contributed by atoms with Crippen molar-refractivity contribution in [2.75, 3.05) is 0 Å². The third kappa shape index (κ3) is 1.49. The van der Waals surface area contributed by atoms with Gasteiger partial charge in [-0.2, -0.15) is 0 Å². The Kier molecular flexibility index (Phi) is 2.39. The van der Waals surface area contributed by atoms with Crippen molar-refractivity contribution in [2.24, 2.45) is 0 Å². The van der Waals surface area contributed by atoms with Gasteiger partial charge in [0.1, 0.15) is 16.1 Å². The molecule has 1 nitrogen and oxygen atoms in total. The van der Waals surface area contributed by atoms with E-state index in [0.29, 0.717) is 19.3 Å². The van der Waals surface area contributed by atoms with E-state index in [0.717, 1.165) is 0 Å². The fourth-order valence-corrected chi connectivity index (χ4v) is 1.77. The second-order valence-corrected chi connectivity index (χ2v) is 4.70. The lowest BCUT2D eigenvalue weighted by atomic mass is 9.84. The van der Waals surface area contributed by atoms with Gasteiger partial charge in [0, 0.05) is 0 Å². The topological polar surface area (TPSA) is 20.2 Å². The molecule has 1 aliphatic carbocycles. The Hall–Kier alpha value is 0.470. The monoisotopic (exact) mass is 200 g/mol. The molecule has 0 spiro atoms. The van der Waals surface area contributed by atoms with E-state index in [4.69, 9.17) is 23.2 Å². The van der Waals surface area contributed by atoms with Crippen molar-refractivity contribution in [1.29, 1.82) is 0 Å². The minimum absolute atomic E-state index is 0.341. The van der Waals surface area contributed by atoms with Crippen LogP contribution in [0.5, 0.6) is 0 Å². The van der Waals surface area contributed by atoms with E-state index in [1.165, 1.54) is 6.92 Å². The summed E-state index contributed by atoms with van der Waals surface area (Å²) < 4.78 is 11.7. The van der Waals surface area contributed by atoms with Crippen molar-refractivity contribution in [1.82, 2.24) is 0 Å². The highest BCUT2D eigenvalue weighted by Gasteiger charge is 2.52. The minimum Gasteiger partial charge on any atom is -0.384 e. The summed E-state index contributed by atoms with van der Waals surface area (Å²) in [6, 6.07) is 0. The highest BCUT2D eigenvalue weighted by atomic mass is 35.5. The molecule has 1 saturated carbocycles. The largest absolute Gasteiger partial charge is 0.384 e. The molecule has 1 fully saturated rings. The summed E-state index contributed by atoms with van der Waals surface area (Å²) in [7, 11) is 0. The van der Waals surface area contributed by atoms with E-state index in [9.17, 15) is 9.50 Å². The molecular formula is C7H11Cl2FO. The van der Waals surface area contributed by atoms with Gasteiger partial charge in [-0.15, -0.1) is 0 Å². The van der Waals surface area contributed by atoms with Crippen LogP contribution >= 0.6 is 23.2 Å². The van der Waals surface area contributed by atoms with Crippen LogP contribution in [-0.2, 0) is 0 Å². The Bertz CT molecular complexity index is 159. The van der Waals surface area contributed by atoms with Crippen LogP contribution in [0, 0.1) is 0 Å². The minimum atomic E-state index is -1.60. The molecule has 0 aromatic rings. The predicted molar refractivity (Wildman–Crippen MR) is 43.8 cm³/mol. The molecule has 0 aromatic carbocycles. The maximum atomic E-state index is 13.0. The molecule has 1 rings (SSSR count). The first-order chi connectivity index (χ1) is 4.88. The summed E-state index contributed by atoms with van der Waals surface area (Å²) in [5.41, 5.74) is -1.60. The molecule has 11 heavy (non-hydrogen) atoms. The summed E-state index contributed by atoms with van der Waals surface area (Å²) in [4.78, 5) is 0. The number of halogens is 3. The summed E-state index contributed by atoms with van der Waals surface area (Å²) >= 11 is 11.5. The van der Waals surface area contributed by atoms with Gasteiger partial charge in [0.15, 0.2) is 0 Å². The Morgan fingerprint density at radius 3 is 2.45 bits per heavy atom.